The van der Waals surface area contributed by atoms with Crippen LogP contribution in [0.2, 0.25) is 0 Å². The highest BCUT2D eigenvalue weighted by molar-refractivity contribution is 5.90. The number of rotatable bonds is 3. The maximum atomic E-state index is 12.1. The second-order valence-electron chi connectivity index (χ2n) is 4.62. The molecule has 20 heavy (non-hydrogen) atoms. The highest BCUT2D eigenvalue weighted by Crippen LogP contribution is 2.20. The fraction of sp³-hybridized carbons (Fsp3) is 0.429. The van der Waals surface area contributed by atoms with Crippen molar-refractivity contribution in [2.75, 3.05) is 32.6 Å². The van der Waals surface area contributed by atoms with Crippen molar-refractivity contribution in [2.45, 2.75) is 6.42 Å². The molecule has 108 valence electrons. The molecule has 0 spiro atoms. The van der Waals surface area contributed by atoms with Crippen molar-refractivity contribution in [3.63, 3.8) is 0 Å². The molecule has 0 aromatic heterocycles. The number of anilines is 1. The molecule has 0 radical (unpaired) electrons. The first-order valence-corrected chi connectivity index (χ1v) is 6.42. The molecule has 1 saturated heterocycles. The van der Waals surface area contributed by atoms with Crippen LogP contribution < -0.4 is 10.1 Å². The molecule has 1 N–H and O–H groups in total. The lowest BCUT2D eigenvalue weighted by Gasteiger charge is -2.17. The van der Waals surface area contributed by atoms with Gasteiger partial charge in [0.25, 0.3) is 0 Å². The zero-order valence-electron chi connectivity index (χ0n) is 11.6. The van der Waals surface area contributed by atoms with Gasteiger partial charge in [0, 0.05) is 24.8 Å². The first kappa shape index (κ1) is 14.2. The minimum atomic E-state index is -0.262. The Morgan fingerprint density at radius 3 is 2.85 bits per heavy atom. The third kappa shape index (κ3) is 3.20. The summed E-state index contributed by atoms with van der Waals surface area (Å²) in [5.41, 5.74) is 0.663. The number of carbonyl (C=O) groups is 2. The number of hydrogen-bond donors (Lipinski definition) is 1. The summed E-state index contributed by atoms with van der Waals surface area (Å²) in [7, 11) is 2.93. The fourth-order valence-electron chi connectivity index (χ4n) is 2.21. The van der Waals surface area contributed by atoms with Gasteiger partial charge in [-0.1, -0.05) is 6.07 Å². The third-order valence-corrected chi connectivity index (χ3v) is 3.33. The van der Waals surface area contributed by atoms with E-state index in [0.717, 1.165) is 0 Å². The van der Waals surface area contributed by atoms with E-state index >= 15 is 0 Å². The van der Waals surface area contributed by atoms with E-state index in [4.69, 9.17) is 9.47 Å². The van der Waals surface area contributed by atoms with E-state index in [2.05, 4.69) is 5.32 Å². The van der Waals surface area contributed by atoms with Crippen LogP contribution in [0.15, 0.2) is 24.3 Å². The molecule has 1 aliphatic heterocycles. The number of carbonyl (C=O) groups excluding carboxylic acids is 2. The van der Waals surface area contributed by atoms with Crippen LogP contribution in [0.5, 0.6) is 5.75 Å². The molecular weight excluding hydrogens is 260 g/mol. The van der Waals surface area contributed by atoms with E-state index in [1.165, 1.54) is 7.11 Å². The quantitative estimate of drug-likeness (QED) is 0.855. The molecule has 0 bridgehead atoms. The first-order valence-electron chi connectivity index (χ1n) is 6.42. The smallest absolute Gasteiger partial charge is 0.321 e. The number of nitrogens with one attached hydrogen (secondary N) is 1. The number of nitrogens with zero attached hydrogens (tertiary/aromatic N) is 1. The lowest BCUT2D eigenvalue weighted by Crippen LogP contribution is -2.33. The second-order valence-corrected chi connectivity index (χ2v) is 4.62. The number of methoxy groups -OCH3 is 2. The Balaban J connectivity index is 1.94. The summed E-state index contributed by atoms with van der Waals surface area (Å²) in [6, 6.07) is 6.92. The molecule has 1 fully saturated rings. The fourth-order valence-corrected chi connectivity index (χ4v) is 2.21. The van der Waals surface area contributed by atoms with Crippen LogP contribution in [0.25, 0.3) is 0 Å². The van der Waals surface area contributed by atoms with Gasteiger partial charge in [-0.05, 0) is 18.6 Å². The van der Waals surface area contributed by atoms with Crippen LogP contribution in [0.3, 0.4) is 0 Å². The maximum Gasteiger partial charge on any atom is 0.321 e. The molecule has 2 amide bonds. The van der Waals surface area contributed by atoms with Gasteiger partial charge in [0.1, 0.15) is 5.75 Å². The molecule has 1 aliphatic rings. The third-order valence-electron chi connectivity index (χ3n) is 3.33. The lowest BCUT2D eigenvalue weighted by atomic mass is 10.1. The van der Waals surface area contributed by atoms with E-state index in [9.17, 15) is 9.59 Å². The highest BCUT2D eigenvalue weighted by atomic mass is 16.5. The van der Waals surface area contributed by atoms with E-state index in [-0.39, 0.29) is 17.9 Å². The van der Waals surface area contributed by atoms with Crippen LogP contribution in [-0.4, -0.2) is 44.2 Å². The van der Waals surface area contributed by atoms with Crippen molar-refractivity contribution in [3.05, 3.63) is 24.3 Å². The van der Waals surface area contributed by atoms with Crippen LogP contribution in [-0.2, 0) is 9.53 Å². The topological polar surface area (TPSA) is 67.9 Å². The largest absolute Gasteiger partial charge is 0.497 e. The van der Waals surface area contributed by atoms with E-state index < -0.39 is 0 Å². The normalized spacial score (nSPS) is 17.7. The Bertz CT molecular complexity index is 504. The van der Waals surface area contributed by atoms with Crippen LogP contribution in [0.4, 0.5) is 10.5 Å². The van der Waals surface area contributed by atoms with Crippen molar-refractivity contribution >= 4 is 17.7 Å². The molecule has 1 unspecified atom stereocenters. The molecule has 1 aromatic carbocycles. The van der Waals surface area contributed by atoms with Crippen molar-refractivity contribution in [3.8, 4) is 5.75 Å². The first-order chi connectivity index (χ1) is 9.63. The summed E-state index contributed by atoms with van der Waals surface area (Å²) < 4.78 is 9.80. The predicted octanol–water partition coefficient (Wildman–Crippen LogP) is 1.72. The molecule has 1 aromatic rings. The Morgan fingerprint density at radius 2 is 2.15 bits per heavy atom. The van der Waals surface area contributed by atoms with Crippen molar-refractivity contribution in [1.82, 2.24) is 4.90 Å². The van der Waals surface area contributed by atoms with Crippen LogP contribution in [0, 0.1) is 5.92 Å². The van der Waals surface area contributed by atoms with Gasteiger partial charge in [0.2, 0.25) is 0 Å². The Labute approximate surface area is 117 Å². The van der Waals surface area contributed by atoms with Gasteiger partial charge in [-0.25, -0.2) is 4.79 Å². The molecule has 0 aliphatic carbocycles. The molecule has 6 heteroatoms. The molecule has 2 rings (SSSR count). The summed E-state index contributed by atoms with van der Waals surface area (Å²) >= 11 is 0. The highest BCUT2D eigenvalue weighted by Gasteiger charge is 2.31. The number of amides is 2. The number of hydrogen-bond acceptors (Lipinski definition) is 4. The Kier molecular flexibility index (Phi) is 4.45. The minimum absolute atomic E-state index is 0.218. The maximum absolute atomic E-state index is 12.1. The SMILES string of the molecule is COC(=O)C1CCN(C(=O)Nc2cccc(OC)c2)C1. The van der Waals surface area contributed by atoms with Gasteiger partial charge < -0.3 is 19.7 Å². The number of benzene rings is 1. The summed E-state index contributed by atoms with van der Waals surface area (Å²) in [6.45, 7) is 0.943. The summed E-state index contributed by atoms with van der Waals surface area (Å²) in [5, 5.41) is 2.79. The number of likely N-dealkylation sites (tertiary alicyclic amines) is 1. The van der Waals surface area contributed by atoms with Gasteiger partial charge >= 0.3 is 12.0 Å². The predicted molar refractivity (Wildman–Crippen MR) is 73.7 cm³/mol. The van der Waals surface area contributed by atoms with Crippen molar-refractivity contribution in [2.24, 2.45) is 5.92 Å². The van der Waals surface area contributed by atoms with Crippen molar-refractivity contribution in [1.29, 1.82) is 0 Å². The Hall–Kier alpha value is -2.24. The molecule has 1 atom stereocenters. The summed E-state index contributed by atoms with van der Waals surface area (Å²) in [6.07, 6.45) is 0.637. The van der Waals surface area contributed by atoms with Gasteiger partial charge in [0.05, 0.1) is 20.1 Å². The number of esters is 1. The minimum Gasteiger partial charge on any atom is -0.497 e. The average Bonchev–Trinajstić information content (AvgIpc) is 2.96. The van der Waals surface area contributed by atoms with Gasteiger partial charge in [-0.15, -0.1) is 0 Å². The average molecular weight is 278 g/mol. The molecular formula is C14H18N2O4. The molecule has 0 saturated carbocycles. The van der Waals surface area contributed by atoms with Crippen LogP contribution >= 0.6 is 0 Å². The zero-order chi connectivity index (χ0) is 14.5. The number of urea groups is 1. The van der Waals surface area contributed by atoms with Gasteiger partial charge in [0.15, 0.2) is 0 Å². The van der Waals surface area contributed by atoms with Gasteiger partial charge in [-0.2, -0.15) is 0 Å². The summed E-state index contributed by atoms with van der Waals surface area (Å²) in [4.78, 5) is 25.1. The zero-order valence-corrected chi connectivity index (χ0v) is 11.6. The standard InChI is InChI=1S/C14H18N2O4/c1-19-12-5-3-4-11(8-12)15-14(18)16-7-6-10(9-16)13(17)20-2/h3-5,8,10H,6-7,9H2,1-2H3,(H,15,18). The van der Waals surface area contributed by atoms with E-state index in [0.29, 0.717) is 30.9 Å². The van der Waals surface area contributed by atoms with E-state index in [1.54, 1.807) is 36.3 Å². The monoisotopic (exact) mass is 278 g/mol. The van der Waals surface area contributed by atoms with Gasteiger partial charge in [-0.3, -0.25) is 4.79 Å². The lowest BCUT2D eigenvalue weighted by molar-refractivity contribution is -0.144. The van der Waals surface area contributed by atoms with Crippen molar-refractivity contribution < 1.29 is 19.1 Å². The summed E-state index contributed by atoms with van der Waals surface area (Å²) in [5.74, 6) is 0.189. The molecule has 6 nitrogen and oxygen atoms in total. The molecule has 1 heterocycles. The number of ether oxygens (including phenoxy) is 2. The van der Waals surface area contributed by atoms with E-state index in [1.807, 2.05) is 0 Å². The second kappa shape index (κ2) is 6.27. The van der Waals surface area contributed by atoms with Crippen LogP contribution in [0.1, 0.15) is 6.42 Å². The Morgan fingerprint density at radius 1 is 1.35 bits per heavy atom.